The number of hydrogen-bond acceptors (Lipinski definition) is 4. The van der Waals surface area contributed by atoms with Crippen molar-refractivity contribution < 1.29 is 0 Å². The molecular weight excluding hydrogens is 270 g/mol. The van der Waals surface area contributed by atoms with Crippen molar-refractivity contribution in [2.24, 2.45) is 4.99 Å². The number of thioether (sulfide) groups is 1. The number of amidine groups is 1. The summed E-state index contributed by atoms with van der Waals surface area (Å²) in [6, 6.07) is 7.82. The summed E-state index contributed by atoms with van der Waals surface area (Å²) < 4.78 is 2.05. The van der Waals surface area contributed by atoms with E-state index >= 15 is 0 Å². The minimum atomic E-state index is 0.581. The van der Waals surface area contributed by atoms with Crippen molar-refractivity contribution in [1.82, 2.24) is 14.9 Å². The van der Waals surface area contributed by atoms with E-state index < -0.39 is 0 Å². The average molecular weight is 285 g/mol. The van der Waals surface area contributed by atoms with Crippen LogP contribution in [-0.4, -0.2) is 21.0 Å². The van der Waals surface area contributed by atoms with Gasteiger partial charge >= 0.3 is 0 Å². The first kappa shape index (κ1) is 14.2. The van der Waals surface area contributed by atoms with E-state index in [4.69, 9.17) is 5.26 Å². The second kappa shape index (κ2) is 6.78. The zero-order valence-electron chi connectivity index (χ0n) is 11.4. The molecule has 0 spiro atoms. The van der Waals surface area contributed by atoms with Crippen LogP contribution < -0.4 is 5.32 Å². The fourth-order valence-electron chi connectivity index (χ4n) is 1.81. The van der Waals surface area contributed by atoms with Crippen molar-refractivity contribution in [3.8, 4) is 11.9 Å². The van der Waals surface area contributed by atoms with Gasteiger partial charge in [0.1, 0.15) is 5.82 Å². The molecule has 0 atom stereocenters. The highest BCUT2D eigenvalue weighted by Crippen LogP contribution is 2.18. The molecule has 0 aliphatic heterocycles. The third-order valence-corrected chi connectivity index (χ3v) is 3.33. The van der Waals surface area contributed by atoms with Crippen LogP contribution in [0.5, 0.6) is 0 Å². The predicted octanol–water partition coefficient (Wildman–Crippen LogP) is 2.86. The van der Waals surface area contributed by atoms with E-state index in [9.17, 15) is 0 Å². The first-order chi connectivity index (χ1) is 9.78. The summed E-state index contributed by atoms with van der Waals surface area (Å²) in [6.45, 7) is 2.08. The number of aryl methyl sites for hydroxylation is 1. The summed E-state index contributed by atoms with van der Waals surface area (Å²) in [5.41, 5.74) is 1.86. The Morgan fingerprint density at radius 3 is 2.80 bits per heavy atom. The summed E-state index contributed by atoms with van der Waals surface area (Å²) in [6.07, 6.45) is 8.38. The molecule has 1 aromatic carbocycles. The number of imidazole rings is 1. The Morgan fingerprint density at radius 1 is 1.45 bits per heavy atom. The number of rotatable bonds is 3. The Balaban J connectivity index is 2.25. The van der Waals surface area contributed by atoms with Crippen LogP contribution in [0.3, 0.4) is 0 Å². The van der Waals surface area contributed by atoms with Crippen LogP contribution in [0.15, 0.2) is 41.7 Å². The standard InChI is InChI=1S/C14H15N5S/c1-3-13-16-8-9-19(13)12-6-4-11(5-7-12)18-14(20-2)17-10-15/h4-9H,3H2,1-2H3,(H,17,18). The van der Waals surface area contributed by atoms with E-state index in [2.05, 4.69) is 26.8 Å². The smallest absolute Gasteiger partial charge is 0.183 e. The lowest BCUT2D eigenvalue weighted by atomic mass is 10.2. The van der Waals surface area contributed by atoms with Crippen LogP contribution in [0.4, 0.5) is 5.69 Å². The highest BCUT2D eigenvalue weighted by atomic mass is 32.2. The second-order valence-corrected chi connectivity index (χ2v) is 4.74. The van der Waals surface area contributed by atoms with Crippen molar-refractivity contribution in [3.63, 3.8) is 0 Å². The van der Waals surface area contributed by atoms with Gasteiger partial charge in [0.25, 0.3) is 0 Å². The molecule has 0 saturated carbocycles. The van der Waals surface area contributed by atoms with Gasteiger partial charge in [0.2, 0.25) is 0 Å². The summed E-state index contributed by atoms with van der Waals surface area (Å²) in [5, 5.41) is 11.7. The quantitative estimate of drug-likeness (QED) is 0.407. The van der Waals surface area contributed by atoms with Gasteiger partial charge in [0.15, 0.2) is 11.4 Å². The van der Waals surface area contributed by atoms with Gasteiger partial charge in [0, 0.05) is 24.5 Å². The highest BCUT2D eigenvalue weighted by Gasteiger charge is 2.03. The maximum atomic E-state index is 8.61. The number of aromatic nitrogens is 2. The summed E-state index contributed by atoms with van der Waals surface area (Å²) >= 11 is 1.40. The first-order valence-electron chi connectivity index (χ1n) is 6.19. The van der Waals surface area contributed by atoms with Crippen LogP contribution in [0.25, 0.3) is 5.69 Å². The normalized spacial score (nSPS) is 11.2. The average Bonchev–Trinajstić information content (AvgIpc) is 2.96. The molecule has 102 valence electrons. The molecule has 0 aliphatic rings. The Hall–Kier alpha value is -2.26. The Bertz CT molecular complexity index is 636. The van der Waals surface area contributed by atoms with Crippen LogP contribution in [0.1, 0.15) is 12.7 Å². The molecule has 0 radical (unpaired) electrons. The van der Waals surface area contributed by atoms with E-state index in [1.807, 2.05) is 42.9 Å². The summed E-state index contributed by atoms with van der Waals surface area (Å²) in [5.74, 6) is 1.03. The molecule has 0 aliphatic carbocycles. The summed E-state index contributed by atoms with van der Waals surface area (Å²) in [4.78, 5) is 8.66. The molecule has 2 rings (SSSR count). The van der Waals surface area contributed by atoms with Crippen molar-refractivity contribution in [2.75, 3.05) is 6.26 Å². The molecule has 5 nitrogen and oxygen atoms in total. The molecule has 1 heterocycles. The zero-order chi connectivity index (χ0) is 14.4. The molecular formula is C14H15N5S. The molecule has 2 aromatic rings. The van der Waals surface area contributed by atoms with Gasteiger partial charge in [-0.3, -0.25) is 5.32 Å². The van der Waals surface area contributed by atoms with Gasteiger partial charge in [-0.1, -0.05) is 18.7 Å². The van der Waals surface area contributed by atoms with Gasteiger partial charge in [-0.15, -0.1) is 0 Å². The van der Waals surface area contributed by atoms with Crippen LogP contribution >= 0.6 is 11.8 Å². The van der Waals surface area contributed by atoms with Gasteiger partial charge in [-0.25, -0.2) is 9.98 Å². The van der Waals surface area contributed by atoms with Crippen LogP contribution in [-0.2, 0) is 6.42 Å². The monoisotopic (exact) mass is 285 g/mol. The number of benzene rings is 1. The second-order valence-electron chi connectivity index (χ2n) is 3.94. The molecule has 0 saturated heterocycles. The van der Waals surface area contributed by atoms with Gasteiger partial charge in [-0.05, 0) is 30.5 Å². The molecule has 0 amide bonds. The third kappa shape index (κ3) is 3.19. The van der Waals surface area contributed by atoms with Crippen LogP contribution in [0.2, 0.25) is 0 Å². The lowest BCUT2D eigenvalue weighted by Crippen LogP contribution is -2.12. The van der Waals surface area contributed by atoms with Gasteiger partial charge in [0.05, 0.1) is 5.69 Å². The number of nitrogens with zero attached hydrogens (tertiary/aromatic N) is 4. The van der Waals surface area contributed by atoms with Crippen molar-refractivity contribution in [3.05, 3.63) is 42.5 Å². The van der Waals surface area contributed by atoms with E-state index in [0.29, 0.717) is 5.17 Å². The molecule has 0 bridgehead atoms. The minimum Gasteiger partial charge on any atom is -0.304 e. The van der Waals surface area contributed by atoms with Crippen LogP contribution in [0, 0.1) is 11.5 Å². The maximum Gasteiger partial charge on any atom is 0.183 e. The van der Waals surface area contributed by atoms with E-state index in [-0.39, 0.29) is 0 Å². The zero-order valence-corrected chi connectivity index (χ0v) is 12.2. The molecule has 0 fully saturated rings. The topological polar surface area (TPSA) is 66.0 Å². The summed E-state index contributed by atoms with van der Waals surface area (Å²) in [7, 11) is 0. The number of nitrogens with one attached hydrogen (secondary N) is 1. The lowest BCUT2D eigenvalue weighted by Gasteiger charge is -2.06. The maximum absolute atomic E-state index is 8.61. The van der Waals surface area contributed by atoms with Crippen molar-refractivity contribution in [2.45, 2.75) is 13.3 Å². The predicted molar refractivity (Wildman–Crippen MR) is 82.3 cm³/mol. The molecule has 1 N–H and O–H groups in total. The SMILES string of the molecule is CCc1nccn1-c1ccc(N=C(NC#N)SC)cc1. The molecule has 1 aromatic heterocycles. The number of aliphatic imine (C=N–C) groups is 1. The van der Waals surface area contributed by atoms with Crippen molar-refractivity contribution in [1.29, 1.82) is 5.26 Å². The molecule has 0 unspecified atom stereocenters. The fourth-order valence-corrected chi connectivity index (χ4v) is 2.15. The van der Waals surface area contributed by atoms with E-state index in [1.165, 1.54) is 11.8 Å². The first-order valence-corrected chi connectivity index (χ1v) is 7.41. The Morgan fingerprint density at radius 2 is 2.20 bits per heavy atom. The molecule has 6 heteroatoms. The van der Waals surface area contributed by atoms with E-state index in [0.717, 1.165) is 23.6 Å². The number of nitriles is 1. The Labute approximate surface area is 122 Å². The largest absolute Gasteiger partial charge is 0.304 e. The minimum absolute atomic E-state index is 0.581. The lowest BCUT2D eigenvalue weighted by molar-refractivity contribution is 0.891. The highest BCUT2D eigenvalue weighted by molar-refractivity contribution is 8.13. The van der Waals surface area contributed by atoms with E-state index in [1.54, 1.807) is 6.20 Å². The van der Waals surface area contributed by atoms with Crippen molar-refractivity contribution >= 4 is 22.6 Å². The molecule has 20 heavy (non-hydrogen) atoms. The fraction of sp³-hybridized carbons (Fsp3) is 0.214. The number of hydrogen-bond donors (Lipinski definition) is 1. The third-order valence-electron chi connectivity index (χ3n) is 2.75. The van der Waals surface area contributed by atoms with Gasteiger partial charge in [-0.2, -0.15) is 5.26 Å². The Kier molecular flexibility index (Phi) is 4.80. The van der Waals surface area contributed by atoms with Gasteiger partial charge < -0.3 is 4.57 Å².